The van der Waals surface area contributed by atoms with Crippen LogP contribution in [0.15, 0.2) is 12.4 Å². The molecule has 1 rings (SSSR count). The van der Waals surface area contributed by atoms with Crippen molar-refractivity contribution < 1.29 is 35.0 Å². The Kier molecular flexibility index (Phi) is 10.4. The van der Waals surface area contributed by atoms with Crippen LogP contribution in [-0.4, -0.2) is 44.6 Å². The van der Waals surface area contributed by atoms with E-state index in [0.717, 1.165) is 12.4 Å². The van der Waals surface area contributed by atoms with Gasteiger partial charge in [0.05, 0.1) is 0 Å². The van der Waals surface area contributed by atoms with E-state index in [-0.39, 0.29) is 0 Å². The first-order valence-corrected chi connectivity index (χ1v) is 8.01. The topological polar surface area (TPSA) is 167 Å². The zero-order valence-electron chi connectivity index (χ0n) is 10.9. The number of rotatable bonds is 3. The van der Waals surface area contributed by atoms with Crippen LogP contribution in [-0.2, 0) is 27.3 Å². The molecule has 120 valence electrons. The molecule has 0 aliphatic heterocycles. The van der Waals surface area contributed by atoms with Crippen LogP contribution in [0, 0.1) is 6.92 Å². The zero-order chi connectivity index (χ0) is 16.4. The maximum atomic E-state index is 8.74. The Bertz CT molecular complexity index is 517. The highest BCUT2D eigenvalue weighted by Crippen LogP contribution is 1.98. The molecule has 0 aromatic carbocycles. The van der Waals surface area contributed by atoms with Crippen LogP contribution in [0.1, 0.15) is 25.6 Å². The number of nitrogens with zero attached hydrogens (tertiary/aromatic N) is 2. The van der Waals surface area contributed by atoms with Crippen molar-refractivity contribution in [1.82, 2.24) is 9.55 Å². The molecule has 0 fully saturated rings. The van der Waals surface area contributed by atoms with Gasteiger partial charge in [-0.25, -0.2) is 4.98 Å². The van der Waals surface area contributed by atoms with Crippen molar-refractivity contribution in [3.8, 4) is 0 Å². The van der Waals surface area contributed by atoms with E-state index in [0.29, 0.717) is 0 Å². The maximum Gasteiger partial charge on any atom is 0.394 e. The Labute approximate surface area is 117 Å². The summed E-state index contributed by atoms with van der Waals surface area (Å²) in [4.78, 5) is 4.13. The van der Waals surface area contributed by atoms with E-state index in [1.807, 2.05) is 19.3 Å². The molecule has 20 heavy (non-hydrogen) atoms. The number of hydrogen-bond acceptors (Lipinski definition) is 5. The Balaban J connectivity index is 0. The molecule has 1 aromatic rings. The summed E-state index contributed by atoms with van der Waals surface area (Å²) in [5.41, 5.74) is 0. The van der Waals surface area contributed by atoms with E-state index in [2.05, 4.69) is 16.5 Å². The lowest BCUT2D eigenvalue weighted by atomic mass is 10.3. The van der Waals surface area contributed by atoms with Crippen molar-refractivity contribution in [3.63, 3.8) is 0 Å². The highest BCUT2D eigenvalue weighted by molar-refractivity contribution is 7.80. The molecule has 0 spiro atoms. The van der Waals surface area contributed by atoms with E-state index < -0.39 is 20.8 Å². The van der Waals surface area contributed by atoms with Gasteiger partial charge in [0.25, 0.3) is 0 Å². The van der Waals surface area contributed by atoms with E-state index in [9.17, 15) is 0 Å². The second-order valence-corrected chi connectivity index (χ2v) is 5.21. The summed E-state index contributed by atoms with van der Waals surface area (Å²) in [5.74, 6) is 1.12. The standard InChI is InChI=1S/C8H14N2.2H2O4S/c1-3-4-6-10-7-5-9-8(10)2;2*1-5(2,3)4/h5,7H,3-4,6H2,1-2H3;2*(H2,1,2,3,4). The second kappa shape index (κ2) is 9.79. The van der Waals surface area contributed by atoms with Gasteiger partial charge in [0.1, 0.15) is 5.82 Å². The van der Waals surface area contributed by atoms with Gasteiger partial charge in [-0.2, -0.15) is 16.8 Å². The minimum absolute atomic E-state index is 1.11. The molecular weight excluding hydrogens is 316 g/mol. The van der Waals surface area contributed by atoms with Gasteiger partial charge < -0.3 is 4.57 Å². The van der Waals surface area contributed by atoms with Crippen LogP contribution in [0.2, 0.25) is 0 Å². The van der Waals surface area contributed by atoms with Crippen LogP contribution < -0.4 is 0 Å². The van der Waals surface area contributed by atoms with Crippen LogP contribution >= 0.6 is 0 Å². The van der Waals surface area contributed by atoms with Crippen molar-refractivity contribution in [2.75, 3.05) is 0 Å². The minimum atomic E-state index is -4.67. The van der Waals surface area contributed by atoms with Gasteiger partial charge in [0, 0.05) is 18.9 Å². The van der Waals surface area contributed by atoms with E-state index in [1.165, 1.54) is 12.8 Å². The number of imidazole rings is 1. The molecular formula is C8H18N2O8S2. The average molecular weight is 334 g/mol. The summed E-state index contributed by atoms with van der Waals surface area (Å²) >= 11 is 0. The van der Waals surface area contributed by atoms with Crippen LogP contribution in [0.25, 0.3) is 0 Å². The fraction of sp³-hybridized carbons (Fsp3) is 0.625. The summed E-state index contributed by atoms with van der Waals surface area (Å²) in [5, 5.41) is 0. The summed E-state index contributed by atoms with van der Waals surface area (Å²) < 4.78 is 65.4. The van der Waals surface area contributed by atoms with Gasteiger partial charge in [0.15, 0.2) is 0 Å². The lowest BCUT2D eigenvalue weighted by molar-refractivity contribution is 0.378. The molecule has 0 aliphatic carbocycles. The fourth-order valence-corrected chi connectivity index (χ4v) is 0.969. The third-order valence-corrected chi connectivity index (χ3v) is 1.68. The molecule has 0 saturated carbocycles. The van der Waals surface area contributed by atoms with Gasteiger partial charge in [0.2, 0.25) is 0 Å². The molecule has 0 saturated heterocycles. The van der Waals surface area contributed by atoms with E-state index in [4.69, 9.17) is 35.0 Å². The molecule has 1 heterocycles. The summed E-state index contributed by atoms with van der Waals surface area (Å²) in [6, 6.07) is 0. The molecule has 4 N–H and O–H groups in total. The second-order valence-electron chi connectivity index (χ2n) is 3.42. The first-order valence-electron chi connectivity index (χ1n) is 5.22. The Hall–Kier alpha value is -1.05. The Morgan fingerprint density at radius 2 is 1.50 bits per heavy atom. The lowest BCUT2D eigenvalue weighted by Crippen LogP contribution is -1.97. The number of unbranched alkanes of at least 4 members (excludes halogenated alkanes) is 1. The summed E-state index contributed by atoms with van der Waals surface area (Å²) in [6.45, 7) is 5.35. The normalized spacial score (nSPS) is 10.9. The molecule has 0 radical (unpaired) electrons. The average Bonchev–Trinajstić information content (AvgIpc) is 2.55. The number of hydrogen-bond donors (Lipinski definition) is 4. The number of aryl methyl sites for hydroxylation is 2. The largest absolute Gasteiger partial charge is 0.394 e. The minimum Gasteiger partial charge on any atom is -0.335 e. The molecule has 0 atom stereocenters. The van der Waals surface area contributed by atoms with Gasteiger partial charge in [-0.3, -0.25) is 18.2 Å². The molecule has 0 unspecified atom stereocenters. The summed E-state index contributed by atoms with van der Waals surface area (Å²) in [6.07, 6.45) is 6.38. The fourth-order valence-electron chi connectivity index (χ4n) is 0.969. The van der Waals surface area contributed by atoms with Crippen LogP contribution in [0.4, 0.5) is 0 Å². The number of aromatic nitrogens is 2. The predicted molar refractivity (Wildman–Crippen MR) is 70.2 cm³/mol. The zero-order valence-corrected chi connectivity index (χ0v) is 12.5. The highest BCUT2D eigenvalue weighted by atomic mass is 32.3. The monoisotopic (exact) mass is 334 g/mol. The van der Waals surface area contributed by atoms with Crippen molar-refractivity contribution >= 4 is 20.8 Å². The maximum absolute atomic E-state index is 8.74. The van der Waals surface area contributed by atoms with Gasteiger partial charge in [-0.1, -0.05) is 13.3 Å². The lowest BCUT2D eigenvalue weighted by Gasteiger charge is -2.01. The van der Waals surface area contributed by atoms with Crippen molar-refractivity contribution in [3.05, 3.63) is 18.2 Å². The SMILES string of the molecule is CCCCn1ccnc1C.O=S(=O)(O)O.O=S(=O)(O)O. The molecule has 10 nitrogen and oxygen atoms in total. The molecule has 0 amide bonds. The smallest absolute Gasteiger partial charge is 0.335 e. The van der Waals surface area contributed by atoms with Crippen molar-refractivity contribution in [2.24, 2.45) is 0 Å². The Morgan fingerprint density at radius 1 is 1.10 bits per heavy atom. The first kappa shape index (κ1) is 21.3. The molecule has 12 heteroatoms. The summed E-state index contributed by atoms with van der Waals surface area (Å²) in [7, 11) is -9.33. The van der Waals surface area contributed by atoms with Gasteiger partial charge >= 0.3 is 20.8 Å². The van der Waals surface area contributed by atoms with Gasteiger partial charge in [-0.05, 0) is 13.3 Å². The molecule has 1 aromatic heterocycles. The van der Waals surface area contributed by atoms with Crippen LogP contribution in [0.3, 0.4) is 0 Å². The van der Waals surface area contributed by atoms with Crippen molar-refractivity contribution in [2.45, 2.75) is 33.2 Å². The molecule has 0 bridgehead atoms. The van der Waals surface area contributed by atoms with Crippen molar-refractivity contribution in [1.29, 1.82) is 0 Å². The third-order valence-electron chi connectivity index (χ3n) is 1.68. The van der Waals surface area contributed by atoms with Gasteiger partial charge in [-0.15, -0.1) is 0 Å². The van der Waals surface area contributed by atoms with Crippen LogP contribution in [0.5, 0.6) is 0 Å². The van der Waals surface area contributed by atoms with E-state index >= 15 is 0 Å². The quantitative estimate of drug-likeness (QED) is 0.581. The van der Waals surface area contributed by atoms with E-state index in [1.54, 1.807) is 0 Å². The highest BCUT2D eigenvalue weighted by Gasteiger charge is 1.93. The first-order chi connectivity index (χ1) is 8.84. The third kappa shape index (κ3) is 25.7. The Morgan fingerprint density at radius 3 is 1.75 bits per heavy atom. The predicted octanol–water partition coefficient (Wildman–Crippen LogP) is 0.686. The molecule has 0 aliphatic rings.